The molecule has 1 N–H and O–H groups in total. The molecule has 0 aliphatic heterocycles. The van der Waals surface area contributed by atoms with E-state index in [0.717, 1.165) is 31.2 Å². The van der Waals surface area contributed by atoms with Crippen LogP contribution >= 0.6 is 31.9 Å². The predicted molar refractivity (Wildman–Crippen MR) is 157 cm³/mol. The number of ether oxygens (including phenoxy) is 1. The summed E-state index contributed by atoms with van der Waals surface area (Å²) in [5, 5.41) is 7.95. The van der Waals surface area contributed by atoms with E-state index in [0.29, 0.717) is 37.1 Å². The monoisotopic (exact) mass is 636 g/mol. The number of hydrogen-bond donors (Lipinski definition) is 1. The van der Waals surface area contributed by atoms with Gasteiger partial charge in [0.2, 0.25) is 0 Å². The van der Waals surface area contributed by atoms with Gasteiger partial charge >= 0.3 is 0 Å². The van der Waals surface area contributed by atoms with Crippen molar-refractivity contribution in [2.75, 3.05) is 11.9 Å². The number of amides is 1. The molecule has 0 spiro atoms. The molecule has 1 aromatic heterocycles. The second-order valence-electron chi connectivity index (χ2n) is 9.20. The van der Waals surface area contributed by atoms with Gasteiger partial charge in [0.25, 0.3) is 11.5 Å². The number of hydrogen-bond acceptors (Lipinski definition) is 5. The van der Waals surface area contributed by atoms with Gasteiger partial charge in [-0.2, -0.15) is 9.78 Å². The zero-order valence-electron chi connectivity index (χ0n) is 20.6. The van der Waals surface area contributed by atoms with E-state index in [1.54, 1.807) is 12.3 Å². The highest BCUT2D eigenvalue weighted by molar-refractivity contribution is 9.11. The Morgan fingerprint density at radius 3 is 2.45 bits per heavy atom. The number of rotatable bonds is 7. The lowest BCUT2D eigenvalue weighted by atomic mass is 9.88. The lowest BCUT2D eigenvalue weighted by Crippen LogP contribution is -2.25. The first-order valence-corrected chi connectivity index (χ1v) is 14.1. The highest BCUT2D eigenvalue weighted by Gasteiger charge is 2.22. The second-order valence-corrected chi connectivity index (χ2v) is 10.9. The first-order chi connectivity index (χ1) is 18.5. The lowest BCUT2D eigenvalue weighted by molar-refractivity contribution is -0.118. The molecule has 5 rings (SSSR count). The number of fused-ring (bicyclic) bond motifs is 1. The molecular weight excluding hydrogens is 612 g/mol. The summed E-state index contributed by atoms with van der Waals surface area (Å²) in [6, 6.07) is 20.3. The quantitative estimate of drug-likeness (QED) is 0.224. The Labute approximate surface area is 237 Å². The van der Waals surface area contributed by atoms with Gasteiger partial charge in [0.15, 0.2) is 6.61 Å². The maximum atomic E-state index is 13.4. The van der Waals surface area contributed by atoms with Gasteiger partial charge in [0.05, 0.1) is 26.1 Å². The Morgan fingerprint density at radius 2 is 1.71 bits per heavy atom. The van der Waals surface area contributed by atoms with Crippen LogP contribution in [0.3, 0.4) is 0 Å². The predicted octanol–water partition coefficient (Wildman–Crippen LogP) is 6.87. The van der Waals surface area contributed by atoms with Crippen LogP contribution in [0.5, 0.6) is 5.75 Å². The van der Waals surface area contributed by atoms with Gasteiger partial charge in [-0.3, -0.25) is 9.59 Å². The van der Waals surface area contributed by atoms with E-state index in [2.05, 4.69) is 42.3 Å². The van der Waals surface area contributed by atoms with Crippen molar-refractivity contribution < 1.29 is 9.53 Å². The maximum Gasteiger partial charge on any atom is 0.282 e. The van der Waals surface area contributed by atoms with Gasteiger partial charge < -0.3 is 10.1 Å². The number of para-hydroxylation sites is 2. The minimum absolute atomic E-state index is 0.150. The Bertz CT molecular complexity index is 1520. The van der Waals surface area contributed by atoms with Gasteiger partial charge in [-0.15, -0.1) is 0 Å². The summed E-state index contributed by atoms with van der Waals surface area (Å²) in [6.45, 7) is -0.150. The Kier molecular flexibility index (Phi) is 8.34. The van der Waals surface area contributed by atoms with Crippen molar-refractivity contribution >= 4 is 60.6 Å². The molecule has 1 heterocycles. The van der Waals surface area contributed by atoms with E-state index in [1.807, 2.05) is 60.7 Å². The molecule has 1 fully saturated rings. The molecule has 194 valence electrons. The summed E-state index contributed by atoms with van der Waals surface area (Å²) >= 11 is 7.07. The van der Waals surface area contributed by atoms with Crippen molar-refractivity contribution in [1.82, 2.24) is 9.66 Å². The largest absolute Gasteiger partial charge is 0.481 e. The number of carbonyl (C=O) groups excluding carboxylic acids is 1. The van der Waals surface area contributed by atoms with Gasteiger partial charge in [-0.05, 0) is 86.7 Å². The minimum atomic E-state index is -0.265. The molecule has 1 aliphatic rings. The third kappa shape index (κ3) is 6.05. The molecule has 0 unspecified atom stereocenters. The smallest absolute Gasteiger partial charge is 0.282 e. The van der Waals surface area contributed by atoms with Gasteiger partial charge in [0.1, 0.15) is 11.6 Å². The molecule has 0 saturated heterocycles. The van der Waals surface area contributed by atoms with Crippen LogP contribution in [0.1, 0.15) is 49.4 Å². The molecule has 38 heavy (non-hydrogen) atoms. The molecule has 7 nitrogen and oxygen atoms in total. The van der Waals surface area contributed by atoms with E-state index in [1.165, 1.54) is 11.1 Å². The van der Waals surface area contributed by atoms with E-state index in [9.17, 15) is 9.59 Å². The molecule has 1 amide bonds. The normalized spacial score (nSPS) is 14.2. The van der Waals surface area contributed by atoms with E-state index in [4.69, 9.17) is 9.72 Å². The van der Waals surface area contributed by atoms with Gasteiger partial charge in [-0.25, -0.2) is 4.98 Å². The van der Waals surface area contributed by atoms with Gasteiger partial charge in [0, 0.05) is 11.6 Å². The van der Waals surface area contributed by atoms with Crippen LogP contribution in [0.15, 0.2) is 85.6 Å². The lowest BCUT2D eigenvalue weighted by Gasteiger charge is -2.22. The fourth-order valence-corrected chi connectivity index (χ4v) is 6.10. The van der Waals surface area contributed by atoms with E-state index < -0.39 is 0 Å². The average molecular weight is 638 g/mol. The van der Waals surface area contributed by atoms with Crippen LogP contribution in [0.25, 0.3) is 10.9 Å². The van der Waals surface area contributed by atoms with Crippen LogP contribution in [-0.2, 0) is 4.79 Å². The second kappa shape index (κ2) is 12.0. The van der Waals surface area contributed by atoms with Crippen LogP contribution in [0.2, 0.25) is 0 Å². The maximum absolute atomic E-state index is 13.4. The summed E-state index contributed by atoms with van der Waals surface area (Å²) in [4.78, 5) is 30.6. The van der Waals surface area contributed by atoms with E-state index in [-0.39, 0.29) is 24.0 Å². The molecule has 3 aromatic carbocycles. The van der Waals surface area contributed by atoms with Crippen molar-refractivity contribution in [1.29, 1.82) is 0 Å². The summed E-state index contributed by atoms with van der Waals surface area (Å²) in [5.41, 5.74) is 1.99. The Hall–Kier alpha value is -3.30. The third-order valence-electron chi connectivity index (χ3n) is 6.50. The zero-order valence-corrected chi connectivity index (χ0v) is 23.7. The average Bonchev–Trinajstić information content (AvgIpc) is 2.93. The summed E-state index contributed by atoms with van der Waals surface area (Å²) in [5.74, 6) is 1.15. The number of benzene rings is 3. The molecule has 0 bridgehead atoms. The fraction of sp³-hybridized carbons (Fsp3) is 0.241. The highest BCUT2D eigenvalue weighted by Crippen LogP contribution is 2.35. The molecular formula is C29H26Br2N4O3. The zero-order chi connectivity index (χ0) is 26.5. The molecule has 0 radical (unpaired) electrons. The number of anilines is 1. The fourth-order valence-electron chi connectivity index (χ4n) is 4.65. The van der Waals surface area contributed by atoms with Crippen molar-refractivity contribution in [2.45, 2.75) is 38.0 Å². The summed E-state index contributed by atoms with van der Waals surface area (Å²) in [6.07, 6.45) is 7.11. The number of nitrogens with zero attached hydrogens (tertiary/aromatic N) is 3. The molecule has 1 aliphatic carbocycles. The number of carbonyl (C=O) groups is 1. The first kappa shape index (κ1) is 26.3. The Balaban J connectivity index is 1.38. The van der Waals surface area contributed by atoms with Crippen molar-refractivity contribution in [3.8, 4) is 5.75 Å². The molecule has 0 atom stereocenters. The molecule has 1 saturated carbocycles. The summed E-state index contributed by atoms with van der Waals surface area (Å²) < 4.78 is 8.53. The number of halogens is 2. The first-order valence-electron chi connectivity index (χ1n) is 12.5. The van der Waals surface area contributed by atoms with E-state index >= 15 is 0 Å². The molecule has 4 aromatic rings. The van der Waals surface area contributed by atoms with Crippen LogP contribution in [0, 0.1) is 0 Å². The van der Waals surface area contributed by atoms with Crippen LogP contribution in [-0.4, -0.2) is 28.4 Å². The number of nitrogens with one attached hydrogen (secondary N) is 1. The Morgan fingerprint density at radius 1 is 1.03 bits per heavy atom. The minimum Gasteiger partial charge on any atom is -0.481 e. The highest BCUT2D eigenvalue weighted by atomic mass is 79.9. The SMILES string of the molecule is O=C(COc1c(Br)cc(C=Nn2c(C3CCCCC3)nc3ccccc3c2=O)cc1Br)Nc1ccccc1. The standard InChI is InChI=1S/C29H26Br2N4O3/c30-23-15-19(16-24(31)27(23)38-18-26(36)33-21-11-5-2-6-12-21)17-32-35-28(20-9-3-1-4-10-20)34-25-14-8-7-13-22(25)29(35)37/h2,5-8,11-17,20H,1,3-4,9-10,18H2,(H,33,36). The third-order valence-corrected chi connectivity index (χ3v) is 7.68. The van der Waals surface area contributed by atoms with Crippen molar-refractivity contribution in [3.05, 3.63) is 97.4 Å². The van der Waals surface area contributed by atoms with Gasteiger partial charge in [-0.1, -0.05) is 49.6 Å². The molecule has 9 heteroatoms. The van der Waals surface area contributed by atoms with Crippen molar-refractivity contribution in [2.24, 2.45) is 5.10 Å². The number of aromatic nitrogens is 2. The van der Waals surface area contributed by atoms with Crippen LogP contribution in [0.4, 0.5) is 5.69 Å². The topological polar surface area (TPSA) is 85.6 Å². The van der Waals surface area contributed by atoms with Crippen LogP contribution < -0.4 is 15.6 Å². The summed E-state index contributed by atoms with van der Waals surface area (Å²) in [7, 11) is 0. The van der Waals surface area contributed by atoms with Crippen molar-refractivity contribution in [3.63, 3.8) is 0 Å².